The Balaban J connectivity index is 1.79. The number of likely N-dealkylation sites (tertiary alicyclic amines) is 1. The van der Waals surface area contributed by atoms with Gasteiger partial charge in [-0.3, -0.25) is 4.79 Å². The van der Waals surface area contributed by atoms with Crippen LogP contribution in [0.2, 0.25) is 0 Å². The van der Waals surface area contributed by atoms with E-state index in [0.717, 1.165) is 17.1 Å². The average Bonchev–Trinajstić information content (AvgIpc) is 2.67. The molecule has 3 nitrogen and oxygen atoms in total. The molecule has 16 heavy (non-hydrogen) atoms. The SMILES string of the molecule is O=C(c1cc2c(s1)CCSC2)N1CC(O)C1. The number of β-amino-alcohol motifs (C(OH)–C–C–N with tert-alkyl or cyclic N) is 1. The summed E-state index contributed by atoms with van der Waals surface area (Å²) in [5.41, 5.74) is 1.34. The molecule has 1 N–H and O–H groups in total. The molecule has 1 fully saturated rings. The van der Waals surface area contributed by atoms with Crippen molar-refractivity contribution in [2.45, 2.75) is 18.3 Å². The van der Waals surface area contributed by atoms with Crippen LogP contribution in [-0.4, -0.2) is 40.9 Å². The third-order valence-electron chi connectivity index (χ3n) is 2.99. The predicted molar refractivity (Wildman–Crippen MR) is 66.1 cm³/mol. The van der Waals surface area contributed by atoms with Gasteiger partial charge in [0, 0.05) is 23.7 Å². The molecule has 1 saturated heterocycles. The van der Waals surface area contributed by atoms with E-state index in [1.165, 1.54) is 16.2 Å². The van der Waals surface area contributed by atoms with Crippen LogP contribution in [0.25, 0.3) is 0 Å². The summed E-state index contributed by atoms with van der Waals surface area (Å²) in [4.78, 5) is 16.0. The zero-order valence-corrected chi connectivity index (χ0v) is 10.4. The first-order valence-corrected chi connectivity index (χ1v) is 7.38. The van der Waals surface area contributed by atoms with E-state index < -0.39 is 0 Å². The highest BCUT2D eigenvalue weighted by Gasteiger charge is 2.31. The van der Waals surface area contributed by atoms with E-state index in [9.17, 15) is 9.90 Å². The predicted octanol–water partition coefficient (Wildman–Crippen LogP) is 1.35. The first kappa shape index (κ1) is 10.6. The molecule has 0 spiro atoms. The maximum absolute atomic E-state index is 12.0. The van der Waals surface area contributed by atoms with Gasteiger partial charge >= 0.3 is 0 Å². The Bertz CT molecular complexity index is 400. The molecule has 0 atom stereocenters. The van der Waals surface area contributed by atoms with Crippen molar-refractivity contribution in [2.75, 3.05) is 18.8 Å². The summed E-state index contributed by atoms with van der Waals surface area (Å²) in [6, 6.07) is 2.04. The van der Waals surface area contributed by atoms with Crippen LogP contribution in [0.1, 0.15) is 20.1 Å². The molecule has 3 heterocycles. The lowest BCUT2D eigenvalue weighted by Crippen LogP contribution is -2.53. The van der Waals surface area contributed by atoms with E-state index in [1.807, 2.05) is 17.8 Å². The molecule has 2 aliphatic rings. The fraction of sp³-hybridized carbons (Fsp3) is 0.545. The van der Waals surface area contributed by atoms with Crippen LogP contribution in [0, 0.1) is 0 Å². The fourth-order valence-electron chi connectivity index (χ4n) is 2.03. The van der Waals surface area contributed by atoms with Gasteiger partial charge in [-0.25, -0.2) is 0 Å². The number of rotatable bonds is 1. The Labute approximate surface area is 102 Å². The van der Waals surface area contributed by atoms with E-state index in [-0.39, 0.29) is 12.0 Å². The average molecular weight is 255 g/mol. The summed E-state index contributed by atoms with van der Waals surface area (Å²) >= 11 is 3.57. The highest BCUT2D eigenvalue weighted by Crippen LogP contribution is 2.32. The number of fused-ring (bicyclic) bond motifs is 1. The molecule has 1 aromatic rings. The van der Waals surface area contributed by atoms with Crippen molar-refractivity contribution >= 4 is 29.0 Å². The van der Waals surface area contributed by atoms with E-state index in [0.29, 0.717) is 13.1 Å². The second-order valence-corrected chi connectivity index (χ2v) is 6.47. The largest absolute Gasteiger partial charge is 0.389 e. The molecular weight excluding hydrogens is 242 g/mol. The van der Waals surface area contributed by atoms with Crippen molar-refractivity contribution in [1.29, 1.82) is 0 Å². The second kappa shape index (κ2) is 4.05. The van der Waals surface area contributed by atoms with Crippen LogP contribution < -0.4 is 0 Å². The zero-order chi connectivity index (χ0) is 11.1. The van der Waals surface area contributed by atoms with Gasteiger partial charge in [0.05, 0.1) is 11.0 Å². The third kappa shape index (κ3) is 1.77. The topological polar surface area (TPSA) is 40.5 Å². The van der Waals surface area contributed by atoms with E-state index in [2.05, 4.69) is 0 Å². The lowest BCUT2D eigenvalue weighted by atomic mass is 10.1. The molecule has 3 rings (SSSR count). The number of nitrogens with zero attached hydrogens (tertiary/aromatic N) is 1. The lowest BCUT2D eigenvalue weighted by molar-refractivity contribution is 0.00622. The molecule has 0 saturated carbocycles. The van der Waals surface area contributed by atoms with E-state index >= 15 is 0 Å². The number of carbonyl (C=O) groups excluding carboxylic acids is 1. The van der Waals surface area contributed by atoms with Gasteiger partial charge in [0.1, 0.15) is 0 Å². The van der Waals surface area contributed by atoms with Crippen LogP contribution in [0.5, 0.6) is 0 Å². The van der Waals surface area contributed by atoms with Gasteiger partial charge in [0.25, 0.3) is 5.91 Å². The van der Waals surface area contributed by atoms with Gasteiger partial charge in [0.2, 0.25) is 0 Å². The number of thiophene rings is 1. The summed E-state index contributed by atoms with van der Waals surface area (Å²) in [5.74, 6) is 2.31. The molecule has 1 aromatic heterocycles. The van der Waals surface area contributed by atoms with E-state index in [4.69, 9.17) is 0 Å². The number of hydrogen-bond donors (Lipinski definition) is 1. The monoisotopic (exact) mass is 255 g/mol. The number of aryl methyl sites for hydroxylation is 1. The smallest absolute Gasteiger partial charge is 0.264 e. The zero-order valence-electron chi connectivity index (χ0n) is 8.81. The minimum Gasteiger partial charge on any atom is -0.389 e. The first-order valence-electron chi connectivity index (χ1n) is 5.40. The van der Waals surface area contributed by atoms with Crippen molar-refractivity contribution in [2.24, 2.45) is 0 Å². The molecule has 0 bridgehead atoms. The van der Waals surface area contributed by atoms with Gasteiger partial charge < -0.3 is 10.0 Å². The summed E-state index contributed by atoms with van der Waals surface area (Å²) in [6.07, 6.45) is 0.787. The van der Waals surface area contributed by atoms with Crippen LogP contribution in [0.3, 0.4) is 0 Å². The molecule has 0 aliphatic carbocycles. The molecule has 86 valence electrons. The number of thioether (sulfide) groups is 1. The Morgan fingerprint density at radius 3 is 3.00 bits per heavy atom. The lowest BCUT2D eigenvalue weighted by Gasteiger charge is -2.35. The standard InChI is InChI=1S/C11H13NO2S2/c13-8-4-12(5-8)11(14)10-3-7-6-15-2-1-9(7)16-10/h3,8,13H,1-2,4-6H2. The highest BCUT2D eigenvalue weighted by molar-refractivity contribution is 7.98. The van der Waals surface area contributed by atoms with Crippen LogP contribution >= 0.6 is 23.1 Å². The minimum absolute atomic E-state index is 0.0923. The van der Waals surface area contributed by atoms with Crippen LogP contribution in [-0.2, 0) is 12.2 Å². The van der Waals surface area contributed by atoms with Crippen molar-refractivity contribution in [1.82, 2.24) is 4.90 Å². The third-order valence-corrected chi connectivity index (χ3v) is 5.22. The van der Waals surface area contributed by atoms with Gasteiger partial charge in [0.15, 0.2) is 0 Å². The molecule has 0 radical (unpaired) electrons. The normalized spacial score (nSPS) is 20.4. The minimum atomic E-state index is -0.311. The molecule has 0 unspecified atom stereocenters. The van der Waals surface area contributed by atoms with Crippen molar-refractivity contribution in [3.05, 3.63) is 21.4 Å². The Morgan fingerprint density at radius 2 is 2.31 bits per heavy atom. The van der Waals surface area contributed by atoms with Crippen molar-refractivity contribution in [3.8, 4) is 0 Å². The number of aliphatic hydroxyl groups excluding tert-OH is 1. The Hall–Kier alpha value is -0.520. The molecule has 2 aliphatic heterocycles. The molecular formula is C11H13NO2S2. The molecule has 1 amide bonds. The number of amides is 1. The fourth-order valence-corrected chi connectivity index (χ4v) is 4.37. The number of aliphatic hydroxyl groups is 1. The Morgan fingerprint density at radius 1 is 1.50 bits per heavy atom. The van der Waals surface area contributed by atoms with Gasteiger partial charge in [-0.2, -0.15) is 11.8 Å². The quantitative estimate of drug-likeness (QED) is 0.823. The maximum atomic E-state index is 12.0. The van der Waals surface area contributed by atoms with Crippen molar-refractivity contribution < 1.29 is 9.90 Å². The van der Waals surface area contributed by atoms with Gasteiger partial charge in [-0.15, -0.1) is 11.3 Å². The summed E-state index contributed by atoms with van der Waals surface area (Å²) < 4.78 is 0. The Kier molecular flexibility index (Phi) is 2.69. The second-order valence-electron chi connectivity index (χ2n) is 4.23. The number of carbonyl (C=O) groups is 1. The molecule has 5 heteroatoms. The van der Waals surface area contributed by atoms with Gasteiger partial charge in [-0.05, 0) is 23.8 Å². The van der Waals surface area contributed by atoms with Gasteiger partial charge in [-0.1, -0.05) is 0 Å². The first-order chi connectivity index (χ1) is 7.74. The summed E-state index contributed by atoms with van der Waals surface area (Å²) in [7, 11) is 0. The number of hydrogen-bond acceptors (Lipinski definition) is 4. The summed E-state index contributed by atoms with van der Waals surface area (Å²) in [6.45, 7) is 0.992. The van der Waals surface area contributed by atoms with Crippen LogP contribution in [0.15, 0.2) is 6.07 Å². The van der Waals surface area contributed by atoms with Crippen molar-refractivity contribution in [3.63, 3.8) is 0 Å². The molecule has 0 aromatic carbocycles. The maximum Gasteiger partial charge on any atom is 0.264 e. The highest BCUT2D eigenvalue weighted by atomic mass is 32.2. The van der Waals surface area contributed by atoms with E-state index in [1.54, 1.807) is 16.2 Å². The van der Waals surface area contributed by atoms with Crippen LogP contribution in [0.4, 0.5) is 0 Å². The summed E-state index contributed by atoms with van der Waals surface area (Å²) in [5, 5.41) is 9.18.